The van der Waals surface area contributed by atoms with Crippen LogP contribution in [0.5, 0.6) is 0 Å². The fourth-order valence-electron chi connectivity index (χ4n) is 3.35. The highest BCUT2D eigenvalue weighted by molar-refractivity contribution is 6.01. The predicted molar refractivity (Wildman–Crippen MR) is 121 cm³/mol. The van der Waals surface area contributed by atoms with Gasteiger partial charge >= 0.3 is 0 Å². The van der Waals surface area contributed by atoms with Gasteiger partial charge in [-0.15, -0.1) is 0 Å². The first kappa shape index (κ1) is 18.7. The van der Waals surface area contributed by atoms with Crippen LogP contribution in [0.4, 0.5) is 17.2 Å². The van der Waals surface area contributed by atoms with Gasteiger partial charge in [0.1, 0.15) is 12.1 Å². The van der Waals surface area contributed by atoms with E-state index in [2.05, 4.69) is 68.3 Å². The molecule has 0 unspecified atom stereocenters. The molecule has 0 aliphatic rings. The van der Waals surface area contributed by atoms with Crippen molar-refractivity contribution in [1.29, 1.82) is 0 Å². The first-order chi connectivity index (χ1) is 13.9. The average Bonchev–Trinajstić information content (AvgIpc) is 2.73. The number of nitrogens with zero attached hydrogens (tertiary/aromatic N) is 5. The number of aromatic nitrogens is 3. The summed E-state index contributed by atoms with van der Waals surface area (Å²) in [5, 5.41) is 0.775. The Hall–Kier alpha value is -3.67. The van der Waals surface area contributed by atoms with Crippen molar-refractivity contribution in [3.63, 3.8) is 0 Å². The van der Waals surface area contributed by atoms with Gasteiger partial charge in [-0.3, -0.25) is 0 Å². The molecule has 0 atom stereocenters. The molecule has 146 valence electrons. The van der Waals surface area contributed by atoms with Gasteiger partial charge in [0, 0.05) is 45.1 Å². The molecule has 29 heavy (non-hydrogen) atoms. The number of hydrogen-bond acceptors (Lipinski definition) is 6. The van der Waals surface area contributed by atoms with E-state index in [1.807, 2.05) is 34.3 Å². The predicted octanol–water partition coefficient (Wildman–Crippen LogP) is 4.07. The quantitative estimate of drug-likeness (QED) is 0.572. The second-order valence-corrected chi connectivity index (χ2v) is 7.40. The normalized spacial score (nSPS) is 10.9. The molecule has 0 amide bonds. The number of benzene rings is 2. The Morgan fingerprint density at radius 3 is 2.17 bits per heavy atom. The van der Waals surface area contributed by atoms with Gasteiger partial charge in [0.25, 0.3) is 0 Å². The highest BCUT2D eigenvalue weighted by atomic mass is 15.1. The van der Waals surface area contributed by atoms with Crippen molar-refractivity contribution < 1.29 is 0 Å². The van der Waals surface area contributed by atoms with Crippen LogP contribution >= 0.6 is 0 Å². The van der Waals surface area contributed by atoms with Gasteiger partial charge in [0.05, 0.1) is 11.1 Å². The zero-order valence-electron chi connectivity index (χ0n) is 17.1. The summed E-state index contributed by atoms with van der Waals surface area (Å²) in [5.41, 5.74) is 13.0. The van der Waals surface area contributed by atoms with Crippen LogP contribution in [0.15, 0.2) is 60.9 Å². The molecule has 0 bridgehead atoms. The Morgan fingerprint density at radius 1 is 0.759 bits per heavy atom. The van der Waals surface area contributed by atoms with Crippen LogP contribution < -0.4 is 15.5 Å². The van der Waals surface area contributed by atoms with Crippen molar-refractivity contribution in [3.05, 3.63) is 60.9 Å². The van der Waals surface area contributed by atoms with Crippen molar-refractivity contribution in [3.8, 4) is 22.4 Å². The Morgan fingerprint density at radius 2 is 1.48 bits per heavy atom. The SMILES string of the molecule is CN(C)c1ccc(-c2cc(-c3cccc(N(C)C)c3)c3c(N)ncnc3n2)cc1. The zero-order chi connectivity index (χ0) is 20.5. The lowest BCUT2D eigenvalue weighted by Crippen LogP contribution is -2.08. The van der Waals surface area contributed by atoms with Crippen molar-refractivity contribution in [1.82, 2.24) is 15.0 Å². The molecule has 0 fully saturated rings. The summed E-state index contributed by atoms with van der Waals surface area (Å²) in [6.07, 6.45) is 1.46. The van der Waals surface area contributed by atoms with Crippen LogP contribution in [0.25, 0.3) is 33.4 Å². The number of pyridine rings is 1. The van der Waals surface area contributed by atoms with Crippen molar-refractivity contribution in [2.45, 2.75) is 0 Å². The molecule has 2 N–H and O–H groups in total. The summed E-state index contributed by atoms with van der Waals surface area (Å²) in [5.74, 6) is 0.433. The number of hydrogen-bond donors (Lipinski definition) is 1. The summed E-state index contributed by atoms with van der Waals surface area (Å²) < 4.78 is 0. The standard InChI is InChI=1S/C23H24N6/c1-28(2)17-10-8-15(9-11-17)20-13-19(16-6-5-7-18(12-16)29(3)4)21-22(24)25-14-26-23(21)27-20/h5-14H,1-4H3,(H2,24,25,26,27). The van der Waals surface area contributed by atoms with Gasteiger partial charge in [0.2, 0.25) is 0 Å². The molecule has 2 aromatic heterocycles. The van der Waals surface area contributed by atoms with E-state index in [9.17, 15) is 0 Å². The van der Waals surface area contributed by atoms with Crippen molar-refractivity contribution in [2.24, 2.45) is 0 Å². The lowest BCUT2D eigenvalue weighted by Gasteiger charge is -2.16. The largest absolute Gasteiger partial charge is 0.383 e. The number of fused-ring (bicyclic) bond motifs is 1. The summed E-state index contributed by atoms with van der Waals surface area (Å²) in [4.78, 5) is 17.5. The zero-order valence-corrected chi connectivity index (χ0v) is 17.1. The number of nitrogens with two attached hydrogens (primary N) is 1. The Labute approximate surface area is 170 Å². The molecule has 6 nitrogen and oxygen atoms in total. The van der Waals surface area contributed by atoms with Crippen LogP contribution in [0.3, 0.4) is 0 Å². The maximum atomic E-state index is 6.23. The third-order valence-electron chi connectivity index (χ3n) is 4.99. The molecule has 0 aliphatic carbocycles. The lowest BCUT2D eigenvalue weighted by molar-refractivity contribution is 1.13. The smallest absolute Gasteiger partial charge is 0.165 e. The minimum atomic E-state index is 0.433. The van der Waals surface area contributed by atoms with Crippen LogP contribution in [-0.2, 0) is 0 Å². The number of rotatable bonds is 4. The van der Waals surface area contributed by atoms with Gasteiger partial charge in [-0.05, 0) is 41.5 Å². The van der Waals surface area contributed by atoms with E-state index in [1.54, 1.807) is 0 Å². The first-order valence-electron chi connectivity index (χ1n) is 9.41. The van der Waals surface area contributed by atoms with E-state index in [4.69, 9.17) is 10.7 Å². The molecular formula is C23H24N6. The molecule has 2 aromatic carbocycles. The molecule has 0 spiro atoms. The molecular weight excluding hydrogens is 360 g/mol. The Bertz CT molecular complexity index is 1170. The van der Waals surface area contributed by atoms with Crippen molar-refractivity contribution >= 4 is 28.2 Å². The van der Waals surface area contributed by atoms with E-state index < -0.39 is 0 Å². The van der Waals surface area contributed by atoms with E-state index in [0.29, 0.717) is 11.5 Å². The Balaban J connectivity index is 1.94. The summed E-state index contributed by atoms with van der Waals surface area (Å²) >= 11 is 0. The lowest BCUT2D eigenvalue weighted by atomic mass is 9.99. The summed E-state index contributed by atoms with van der Waals surface area (Å²) in [6.45, 7) is 0. The van der Waals surface area contributed by atoms with E-state index >= 15 is 0 Å². The first-order valence-corrected chi connectivity index (χ1v) is 9.41. The number of nitrogen functional groups attached to an aromatic ring is 1. The maximum Gasteiger partial charge on any atom is 0.165 e. The molecule has 0 aliphatic heterocycles. The Kier molecular flexibility index (Phi) is 4.76. The third-order valence-corrected chi connectivity index (χ3v) is 4.99. The minimum Gasteiger partial charge on any atom is -0.383 e. The fraction of sp³-hybridized carbons (Fsp3) is 0.174. The van der Waals surface area contributed by atoms with Gasteiger partial charge in [-0.2, -0.15) is 0 Å². The number of anilines is 3. The molecule has 0 radical (unpaired) electrons. The van der Waals surface area contributed by atoms with Crippen LogP contribution in [0.2, 0.25) is 0 Å². The molecule has 0 saturated heterocycles. The molecule has 6 heteroatoms. The average molecular weight is 384 g/mol. The molecule has 2 heterocycles. The molecule has 0 saturated carbocycles. The monoisotopic (exact) mass is 384 g/mol. The van der Waals surface area contributed by atoms with E-state index in [0.717, 1.165) is 39.1 Å². The minimum absolute atomic E-state index is 0.433. The second kappa shape index (κ2) is 7.39. The van der Waals surface area contributed by atoms with Crippen LogP contribution in [0.1, 0.15) is 0 Å². The van der Waals surface area contributed by atoms with E-state index in [1.165, 1.54) is 6.33 Å². The van der Waals surface area contributed by atoms with Gasteiger partial charge in [-0.1, -0.05) is 24.3 Å². The van der Waals surface area contributed by atoms with Gasteiger partial charge in [0.15, 0.2) is 5.65 Å². The maximum absolute atomic E-state index is 6.23. The van der Waals surface area contributed by atoms with Gasteiger partial charge in [-0.25, -0.2) is 15.0 Å². The molecule has 4 aromatic rings. The van der Waals surface area contributed by atoms with Crippen LogP contribution in [0, 0.1) is 0 Å². The van der Waals surface area contributed by atoms with E-state index in [-0.39, 0.29) is 0 Å². The third kappa shape index (κ3) is 3.57. The van der Waals surface area contributed by atoms with Crippen LogP contribution in [-0.4, -0.2) is 43.1 Å². The topological polar surface area (TPSA) is 71.2 Å². The highest BCUT2D eigenvalue weighted by Crippen LogP contribution is 2.35. The van der Waals surface area contributed by atoms with Gasteiger partial charge < -0.3 is 15.5 Å². The molecule has 4 rings (SSSR count). The summed E-state index contributed by atoms with van der Waals surface area (Å²) in [7, 11) is 8.11. The fourth-order valence-corrected chi connectivity index (χ4v) is 3.35. The second-order valence-electron chi connectivity index (χ2n) is 7.40. The van der Waals surface area contributed by atoms with Crippen molar-refractivity contribution in [2.75, 3.05) is 43.7 Å². The summed E-state index contributed by atoms with van der Waals surface area (Å²) in [6, 6.07) is 18.7. The highest BCUT2D eigenvalue weighted by Gasteiger charge is 2.14.